The van der Waals surface area contributed by atoms with Gasteiger partial charge < -0.3 is 5.32 Å². The molecule has 18 heavy (non-hydrogen) atoms. The summed E-state index contributed by atoms with van der Waals surface area (Å²) in [6, 6.07) is 11.3. The van der Waals surface area contributed by atoms with Gasteiger partial charge in [-0.15, -0.1) is 0 Å². The van der Waals surface area contributed by atoms with E-state index in [9.17, 15) is 0 Å². The van der Waals surface area contributed by atoms with Gasteiger partial charge in [-0.2, -0.15) is 0 Å². The Labute approximate surface area is 112 Å². The molecule has 0 heterocycles. The molecule has 1 heteroatoms. The predicted molar refractivity (Wildman–Crippen MR) is 80.9 cm³/mol. The first-order chi connectivity index (χ1) is 8.72. The van der Waals surface area contributed by atoms with Gasteiger partial charge in [-0.05, 0) is 51.6 Å². The maximum atomic E-state index is 3.61. The van der Waals surface area contributed by atoms with E-state index in [0.29, 0.717) is 6.04 Å². The highest BCUT2D eigenvalue weighted by atomic mass is 14.9. The number of rotatable bonds is 8. The van der Waals surface area contributed by atoms with Crippen LogP contribution in [0.15, 0.2) is 42.0 Å². The Morgan fingerprint density at radius 1 is 1.22 bits per heavy atom. The molecule has 0 aliphatic rings. The lowest BCUT2D eigenvalue weighted by Crippen LogP contribution is -2.28. The van der Waals surface area contributed by atoms with Crippen molar-refractivity contribution in [1.29, 1.82) is 0 Å². The maximum Gasteiger partial charge on any atom is 0.0252 e. The van der Waals surface area contributed by atoms with Gasteiger partial charge in [-0.25, -0.2) is 0 Å². The highest BCUT2D eigenvalue weighted by Crippen LogP contribution is 2.08. The number of nitrogens with one attached hydrogen (secondary N) is 1. The van der Waals surface area contributed by atoms with Gasteiger partial charge >= 0.3 is 0 Å². The second-order valence-electron chi connectivity index (χ2n) is 5.18. The zero-order valence-electron chi connectivity index (χ0n) is 12.1. The molecule has 0 saturated carbocycles. The van der Waals surface area contributed by atoms with E-state index in [2.05, 4.69) is 62.5 Å². The topological polar surface area (TPSA) is 12.0 Å². The number of aryl methyl sites for hydroxylation is 1. The molecule has 1 nitrogen and oxygen atoms in total. The largest absolute Gasteiger partial charge is 0.311 e. The summed E-state index contributed by atoms with van der Waals surface area (Å²) < 4.78 is 0. The number of allylic oxidation sites excluding steroid dienone is 1. The molecule has 1 unspecified atom stereocenters. The summed E-state index contributed by atoms with van der Waals surface area (Å²) in [7, 11) is 0. The summed E-state index contributed by atoms with van der Waals surface area (Å²) in [6.45, 7) is 7.69. The van der Waals surface area contributed by atoms with Crippen molar-refractivity contribution < 1.29 is 0 Å². The van der Waals surface area contributed by atoms with Gasteiger partial charge in [-0.3, -0.25) is 0 Å². The Morgan fingerprint density at radius 2 is 1.94 bits per heavy atom. The molecule has 1 aromatic rings. The van der Waals surface area contributed by atoms with Gasteiger partial charge in [0.25, 0.3) is 0 Å². The molecule has 0 bridgehead atoms. The van der Waals surface area contributed by atoms with Gasteiger partial charge in [0, 0.05) is 6.04 Å². The minimum absolute atomic E-state index is 0.540. The molecule has 0 amide bonds. The van der Waals surface area contributed by atoms with E-state index in [0.717, 1.165) is 6.54 Å². The van der Waals surface area contributed by atoms with Crippen LogP contribution in [0.2, 0.25) is 0 Å². The van der Waals surface area contributed by atoms with Crippen LogP contribution in [0.25, 0.3) is 0 Å². The fourth-order valence-corrected chi connectivity index (χ4v) is 2.15. The molecule has 0 aromatic heterocycles. The van der Waals surface area contributed by atoms with Crippen molar-refractivity contribution in [3.05, 3.63) is 47.5 Å². The molecule has 0 fully saturated rings. The highest BCUT2D eigenvalue weighted by molar-refractivity contribution is 5.14. The summed E-state index contributed by atoms with van der Waals surface area (Å²) in [4.78, 5) is 0. The lowest BCUT2D eigenvalue weighted by atomic mass is 10.0. The quantitative estimate of drug-likeness (QED) is 0.672. The Kier molecular flexibility index (Phi) is 7.43. The van der Waals surface area contributed by atoms with E-state index in [-0.39, 0.29) is 0 Å². The molecular formula is C17H27N. The average molecular weight is 245 g/mol. The number of hydrogen-bond donors (Lipinski definition) is 1. The van der Waals surface area contributed by atoms with E-state index in [1.165, 1.54) is 36.8 Å². The molecule has 100 valence electrons. The number of benzene rings is 1. The zero-order valence-corrected chi connectivity index (χ0v) is 12.1. The van der Waals surface area contributed by atoms with Crippen LogP contribution in [0, 0.1) is 0 Å². The van der Waals surface area contributed by atoms with Crippen molar-refractivity contribution in [1.82, 2.24) is 5.32 Å². The number of hydrogen-bond acceptors (Lipinski definition) is 1. The van der Waals surface area contributed by atoms with Crippen molar-refractivity contribution in [3.8, 4) is 0 Å². The van der Waals surface area contributed by atoms with Crippen LogP contribution in [0.5, 0.6) is 0 Å². The predicted octanol–water partition coefficient (Wildman–Crippen LogP) is 4.34. The third-order valence-electron chi connectivity index (χ3n) is 3.01. The minimum atomic E-state index is 0.540. The fraction of sp³-hybridized carbons (Fsp3) is 0.529. The van der Waals surface area contributed by atoms with E-state index in [4.69, 9.17) is 0 Å². The first kappa shape index (κ1) is 15.0. The first-order valence-electron chi connectivity index (χ1n) is 7.14. The highest BCUT2D eigenvalue weighted by Gasteiger charge is 2.04. The van der Waals surface area contributed by atoms with Crippen LogP contribution >= 0.6 is 0 Å². The van der Waals surface area contributed by atoms with Crippen LogP contribution in [-0.2, 0) is 6.42 Å². The Hall–Kier alpha value is -1.08. The van der Waals surface area contributed by atoms with Crippen molar-refractivity contribution in [2.24, 2.45) is 0 Å². The van der Waals surface area contributed by atoms with Crippen molar-refractivity contribution in [2.75, 3.05) is 6.54 Å². The molecular weight excluding hydrogens is 218 g/mol. The van der Waals surface area contributed by atoms with Crippen LogP contribution in [0.3, 0.4) is 0 Å². The lowest BCUT2D eigenvalue weighted by molar-refractivity contribution is 0.533. The SMILES string of the molecule is CCCNC(C=C(C)C)CCCc1ccccc1. The minimum Gasteiger partial charge on any atom is -0.311 e. The summed E-state index contributed by atoms with van der Waals surface area (Å²) in [5.41, 5.74) is 2.85. The fourth-order valence-electron chi connectivity index (χ4n) is 2.15. The van der Waals surface area contributed by atoms with Gasteiger partial charge in [0.1, 0.15) is 0 Å². The van der Waals surface area contributed by atoms with E-state index in [1.807, 2.05) is 0 Å². The van der Waals surface area contributed by atoms with E-state index in [1.54, 1.807) is 0 Å². The Balaban J connectivity index is 2.35. The second-order valence-corrected chi connectivity index (χ2v) is 5.18. The summed E-state index contributed by atoms with van der Waals surface area (Å²) >= 11 is 0. The molecule has 0 radical (unpaired) electrons. The third-order valence-corrected chi connectivity index (χ3v) is 3.01. The smallest absolute Gasteiger partial charge is 0.0252 e. The lowest BCUT2D eigenvalue weighted by Gasteiger charge is -2.15. The van der Waals surface area contributed by atoms with Crippen molar-refractivity contribution >= 4 is 0 Å². The third kappa shape index (κ3) is 6.61. The van der Waals surface area contributed by atoms with Crippen LogP contribution < -0.4 is 5.32 Å². The molecule has 0 aliphatic heterocycles. The second kappa shape index (κ2) is 8.93. The first-order valence-corrected chi connectivity index (χ1v) is 7.14. The average Bonchev–Trinajstić information content (AvgIpc) is 2.36. The molecule has 1 rings (SSSR count). The molecule has 0 saturated heterocycles. The summed E-state index contributed by atoms with van der Waals surface area (Å²) in [5, 5.41) is 3.61. The van der Waals surface area contributed by atoms with Crippen LogP contribution in [0.1, 0.15) is 45.6 Å². The van der Waals surface area contributed by atoms with Gasteiger partial charge in [0.05, 0.1) is 0 Å². The zero-order chi connectivity index (χ0) is 13.2. The molecule has 0 spiro atoms. The van der Waals surface area contributed by atoms with E-state index >= 15 is 0 Å². The monoisotopic (exact) mass is 245 g/mol. The van der Waals surface area contributed by atoms with E-state index < -0.39 is 0 Å². The van der Waals surface area contributed by atoms with Gasteiger partial charge in [0.15, 0.2) is 0 Å². The summed E-state index contributed by atoms with van der Waals surface area (Å²) in [5.74, 6) is 0. The van der Waals surface area contributed by atoms with Crippen LogP contribution in [-0.4, -0.2) is 12.6 Å². The molecule has 1 atom stereocenters. The molecule has 1 aromatic carbocycles. The summed E-state index contributed by atoms with van der Waals surface area (Å²) in [6.07, 6.45) is 7.21. The van der Waals surface area contributed by atoms with Crippen molar-refractivity contribution in [3.63, 3.8) is 0 Å². The standard InChI is InChI=1S/C17H27N/c1-4-13-18-17(14-15(2)3)12-8-11-16-9-6-5-7-10-16/h5-7,9-10,14,17-18H,4,8,11-13H2,1-3H3. The van der Waals surface area contributed by atoms with Gasteiger partial charge in [0.2, 0.25) is 0 Å². The normalized spacial score (nSPS) is 12.2. The Morgan fingerprint density at radius 3 is 2.56 bits per heavy atom. The van der Waals surface area contributed by atoms with Crippen LogP contribution in [0.4, 0.5) is 0 Å². The molecule has 1 N–H and O–H groups in total. The maximum absolute atomic E-state index is 3.61. The van der Waals surface area contributed by atoms with Gasteiger partial charge in [-0.1, -0.05) is 48.9 Å². The Bertz CT molecular complexity index is 336. The van der Waals surface area contributed by atoms with Crippen molar-refractivity contribution in [2.45, 2.75) is 52.5 Å². The molecule has 0 aliphatic carbocycles.